The van der Waals surface area contributed by atoms with Gasteiger partial charge in [-0.25, -0.2) is 0 Å². The number of hydrogen-bond acceptors (Lipinski definition) is 2. The van der Waals surface area contributed by atoms with Crippen LogP contribution in [0.5, 0.6) is 0 Å². The first-order valence-electron chi connectivity index (χ1n) is 6.74. The number of benzene rings is 2. The van der Waals surface area contributed by atoms with E-state index >= 15 is 0 Å². The zero-order chi connectivity index (χ0) is 14.8. The number of carbonyl (C=O) groups excluding carboxylic acids is 1. The van der Waals surface area contributed by atoms with E-state index in [0.717, 1.165) is 17.3 Å². The van der Waals surface area contributed by atoms with Crippen LogP contribution in [-0.2, 0) is 17.6 Å². The van der Waals surface area contributed by atoms with E-state index in [0.29, 0.717) is 11.3 Å². The van der Waals surface area contributed by atoms with Crippen molar-refractivity contribution in [1.82, 2.24) is 0 Å². The molecule has 0 heterocycles. The number of nitrogens with one attached hydrogen (secondary N) is 1. The van der Waals surface area contributed by atoms with Gasteiger partial charge < -0.3 is 5.32 Å². The Labute approximate surface area is 131 Å². The molecule has 21 heavy (non-hydrogen) atoms. The van der Waals surface area contributed by atoms with E-state index in [1.807, 2.05) is 12.1 Å². The van der Waals surface area contributed by atoms with Crippen LogP contribution in [0.4, 0.5) is 5.69 Å². The molecule has 0 fully saturated rings. The highest BCUT2D eigenvalue weighted by atomic mass is 79.9. The fourth-order valence-corrected chi connectivity index (χ4v) is 3.11. The molecule has 0 spiro atoms. The normalized spacial score (nSPS) is 16.1. The number of amides is 1. The number of nitriles is 1. The van der Waals surface area contributed by atoms with Crippen LogP contribution in [0.1, 0.15) is 16.7 Å². The number of carbonyl (C=O) groups is 1. The summed E-state index contributed by atoms with van der Waals surface area (Å²) in [7, 11) is 0. The van der Waals surface area contributed by atoms with Crippen LogP contribution in [0.3, 0.4) is 0 Å². The van der Waals surface area contributed by atoms with Gasteiger partial charge >= 0.3 is 0 Å². The van der Waals surface area contributed by atoms with E-state index in [9.17, 15) is 4.79 Å². The first-order chi connectivity index (χ1) is 10.2. The summed E-state index contributed by atoms with van der Waals surface area (Å²) in [6.45, 7) is 0. The molecule has 104 valence electrons. The molecule has 1 aliphatic rings. The standard InChI is InChI=1S/C17H13BrN2O/c18-15-6-5-11-7-14(8-13(11)9-15)17(21)20-16-4-2-1-3-12(16)10-19/h1-6,9,14H,7-8H2,(H,20,21). The third kappa shape index (κ3) is 2.84. The second-order valence-electron chi connectivity index (χ2n) is 5.16. The lowest BCUT2D eigenvalue weighted by molar-refractivity contribution is -0.119. The van der Waals surface area contributed by atoms with Crippen LogP contribution in [0.2, 0.25) is 0 Å². The van der Waals surface area contributed by atoms with Crippen LogP contribution >= 0.6 is 15.9 Å². The summed E-state index contributed by atoms with van der Waals surface area (Å²) in [4.78, 5) is 12.4. The van der Waals surface area contributed by atoms with Crippen molar-refractivity contribution in [2.24, 2.45) is 5.92 Å². The molecule has 0 radical (unpaired) electrons. The lowest BCUT2D eigenvalue weighted by atomic mass is 10.1. The molecule has 0 aliphatic heterocycles. The molecule has 0 saturated heterocycles. The van der Waals surface area contributed by atoms with E-state index in [-0.39, 0.29) is 11.8 Å². The molecule has 4 heteroatoms. The van der Waals surface area contributed by atoms with E-state index in [2.05, 4.69) is 39.4 Å². The first kappa shape index (κ1) is 13.8. The molecular weight excluding hydrogens is 328 g/mol. The van der Waals surface area contributed by atoms with Crippen LogP contribution in [0.15, 0.2) is 46.9 Å². The summed E-state index contributed by atoms with van der Waals surface area (Å²) < 4.78 is 1.04. The Hall–Kier alpha value is -2.12. The maximum absolute atomic E-state index is 12.4. The van der Waals surface area contributed by atoms with Gasteiger partial charge in [-0.1, -0.05) is 34.1 Å². The molecule has 2 aromatic rings. The number of fused-ring (bicyclic) bond motifs is 1. The van der Waals surface area contributed by atoms with Gasteiger partial charge in [-0.3, -0.25) is 4.79 Å². The van der Waals surface area contributed by atoms with Gasteiger partial charge in [-0.2, -0.15) is 5.26 Å². The molecule has 0 aromatic heterocycles. The maximum Gasteiger partial charge on any atom is 0.228 e. The summed E-state index contributed by atoms with van der Waals surface area (Å²) in [6, 6.07) is 15.3. The Kier molecular flexibility index (Phi) is 3.76. The van der Waals surface area contributed by atoms with Crippen molar-refractivity contribution < 1.29 is 4.79 Å². The van der Waals surface area contributed by atoms with Crippen LogP contribution < -0.4 is 5.32 Å². The molecule has 0 bridgehead atoms. The predicted molar refractivity (Wildman–Crippen MR) is 84.8 cm³/mol. The Bertz CT molecular complexity index is 749. The van der Waals surface area contributed by atoms with E-state index in [4.69, 9.17) is 5.26 Å². The van der Waals surface area contributed by atoms with Gasteiger partial charge in [-0.15, -0.1) is 0 Å². The highest BCUT2D eigenvalue weighted by Gasteiger charge is 2.27. The molecule has 1 aliphatic carbocycles. The van der Waals surface area contributed by atoms with Crippen molar-refractivity contribution in [2.75, 3.05) is 5.32 Å². The predicted octanol–water partition coefficient (Wildman–Crippen LogP) is 3.67. The number of rotatable bonds is 2. The van der Waals surface area contributed by atoms with Crippen LogP contribution in [0, 0.1) is 17.2 Å². The summed E-state index contributed by atoms with van der Waals surface area (Å²) in [5.41, 5.74) is 3.52. The minimum atomic E-state index is -0.0685. The average Bonchev–Trinajstić information content (AvgIpc) is 2.91. The van der Waals surface area contributed by atoms with Crippen LogP contribution in [-0.4, -0.2) is 5.91 Å². The minimum absolute atomic E-state index is 0.0231. The maximum atomic E-state index is 12.4. The molecule has 3 nitrogen and oxygen atoms in total. The third-order valence-electron chi connectivity index (χ3n) is 3.78. The van der Waals surface area contributed by atoms with Gasteiger partial charge in [0.25, 0.3) is 0 Å². The smallest absolute Gasteiger partial charge is 0.228 e. The Morgan fingerprint density at radius 3 is 2.76 bits per heavy atom. The average molecular weight is 341 g/mol. The zero-order valence-corrected chi connectivity index (χ0v) is 12.9. The SMILES string of the molecule is N#Cc1ccccc1NC(=O)C1Cc2ccc(Br)cc2C1. The second-order valence-corrected chi connectivity index (χ2v) is 6.08. The van der Waals surface area contributed by atoms with Gasteiger partial charge in [0.05, 0.1) is 11.3 Å². The molecule has 3 rings (SSSR count). The van der Waals surface area contributed by atoms with Crippen molar-refractivity contribution in [3.05, 3.63) is 63.6 Å². The number of anilines is 1. The highest BCUT2D eigenvalue weighted by molar-refractivity contribution is 9.10. The Morgan fingerprint density at radius 1 is 1.19 bits per heavy atom. The van der Waals surface area contributed by atoms with Crippen molar-refractivity contribution in [3.8, 4) is 6.07 Å². The Balaban J connectivity index is 1.75. The van der Waals surface area contributed by atoms with Gasteiger partial charge in [-0.05, 0) is 48.2 Å². The lowest BCUT2D eigenvalue weighted by Gasteiger charge is -2.11. The summed E-state index contributed by atoms with van der Waals surface area (Å²) >= 11 is 3.46. The Morgan fingerprint density at radius 2 is 1.95 bits per heavy atom. The largest absolute Gasteiger partial charge is 0.325 e. The summed E-state index contributed by atoms with van der Waals surface area (Å²) in [5.74, 6) is -0.0916. The third-order valence-corrected chi connectivity index (χ3v) is 4.27. The van der Waals surface area contributed by atoms with E-state index < -0.39 is 0 Å². The molecule has 1 N–H and O–H groups in total. The van der Waals surface area contributed by atoms with Crippen molar-refractivity contribution in [2.45, 2.75) is 12.8 Å². The fraction of sp³-hybridized carbons (Fsp3) is 0.176. The number of halogens is 1. The first-order valence-corrected chi connectivity index (χ1v) is 7.54. The summed E-state index contributed by atoms with van der Waals surface area (Å²) in [5, 5.41) is 11.9. The number of para-hydroxylation sites is 1. The van der Waals surface area contributed by atoms with E-state index in [1.54, 1.807) is 18.2 Å². The second kappa shape index (κ2) is 5.71. The van der Waals surface area contributed by atoms with Gasteiger partial charge in [0.1, 0.15) is 6.07 Å². The van der Waals surface area contributed by atoms with Crippen molar-refractivity contribution in [1.29, 1.82) is 5.26 Å². The summed E-state index contributed by atoms with van der Waals surface area (Å²) in [6.07, 6.45) is 1.50. The molecule has 2 aromatic carbocycles. The van der Waals surface area contributed by atoms with Gasteiger partial charge in [0.2, 0.25) is 5.91 Å². The molecular formula is C17H13BrN2O. The quantitative estimate of drug-likeness (QED) is 0.906. The van der Waals surface area contributed by atoms with Crippen molar-refractivity contribution in [3.63, 3.8) is 0 Å². The fourth-order valence-electron chi connectivity index (χ4n) is 2.70. The number of nitrogens with zero attached hydrogens (tertiary/aromatic N) is 1. The number of hydrogen-bond donors (Lipinski definition) is 1. The highest BCUT2D eigenvalue weighted by Crippen LogP contribution is 2.30. The molecule has 0 saturated carbocycles. The van der Waals surface area contributed by atoms with Gasteiger partial charge in [0.15, 0.2) is 0 Å². The van der Waals surface area contributed by atoms with E-state index in [1.165, 1.54) is 11.1 Å². The minimum Gasteiger partial charge on any atom is -0.325 e. The molecule has 1 unspecified atom stereocenters. The van der Waals surface area contributed by atoms with Gasteiger partial charge in [0, 0.05) is 10.4 Å². The zero-order valence-electron chi connectivity index (χ0n) is 11.3. The topological polar surface area (TPSA) is 52.9 Å². The molecule has 1 atom stereocenters. The monoisotopic (exact) mass is 340 g/mol. The van der Waals surface area contributed by atoms with Crippen LogP contribution in [0.25, 0.3) is 0 Å². The van der Waals surface area contributed by atoms with Crippen molar-refractivity contribution >= 4 is 27.5 Å². The lowest BCUT2D eigenvalue weighted by Crippen LogP contribution is -2.23. The molecule has 1 amide bonds.